The van der Waals surface area contributed by atoms with Gasteiger partial charge in [-0.05, 0) is 36.4 Å². The van der Waals surface area contributed by atoms with Crippen LogP contribution in [0.2, 0.25) is 0 Å². The van der Waals surface area contributed by atoms with Crippen molar-refractivity contribution in [2.24, 2.45) is 0 Å². The number of nitrogens with two attached hydrogens (primary N) is 1. The van der Waals surface area contributed by atoms with Crippen molar-refractivity contribution in [1.29, 1.82) is 0 Å². The van der Waals surface area contributed by atoms with Crippen molar-refractivity contribution in [3.8, 4) is 0 Å². The van der Waals surface area contributed by atoms with E-state index in [1.807, 2.05) is 0 Å². The maximum absolute atomic E-state index is 13.6. The van der Waals surface area contributed by atoms with Crippen molar-refractivity contribution in [3.05, 3.63) is 53.6 Å². The van der Waals surface area contributed by atoms with E-state index in [-0.39, 0.29) is 16.9 Å². The summed E-state index contributed by atoms with van der Waals surface area (Å²) < 4.78 is 26.4. The van der Waals surface area contributed by atoms with Crippen LogP contribution in [0, 0.1) is 11.6 Å². The van der Waals surface area contributed by atoms with Crippen LogP contribution in [0.15, 0.2) is 36.4 Å². The molecule has 0 spiro atoms. The summed E-state index contributed by atoms with van der Waals surface area (Å²) in [6.07, 6.45) is 0. The normalized spacial score (nSPS) is 10.2. The predicted molar refractivity (Wildman–Crippen MR) is 67.5 cm³/mol. The number of anilines is 3. The lowest BCUT2D eigenvalue weighted by atomic mass is 10.1. The first-order chi connectivity index (χ1) is 8.97. The fraction of sp³-hybridized carbons (Fsp3) is 0. The number of benzene rings is 2. The molecule has 0 aliphatic heterocycles. The lowest BCUT2D eigenvalue weighted by Gasteiger charge is -2.10. The van der Waals surface area contributed by atoms with Gasteiger partial charge in [0.05, 0.1) is 11.3 Å². The minimum Gasteiger partial charge on any atom is -0.478 e. The van der Waals surface area contributed by atoms with Gasteiger partial charge in [-0.15, -0.1) is 0 Å². The molecule has 0 amide bonds. The quantitative estimate of drug-likeness (QED) is 0.745. The molecule has 19 heavy (non-hydrogen) atoms. The van der Waals surface area contributed by atoms with Gasteiger partial charge in [0.1, 0.15) is 11.6 Å². The SMILES string of the molecule is Nc1cc(F)c(Nc2ccc(F)cc2)cc1C(=O)O. The molecular weight excluding hydrogens is 254 g/mol. The first-order valence-corrected chi connectivity index (χ1v) is 5.32. The molecule has 4 nitrogen and oxygen atoms in total. The third kappa shape index (κ3) is 2.79. The van der Waals surface area contributed by atoms with Crippen molar-refractivity contribution in [3.63, 3.8) is 0 Å². The highest BCUT2D eigenvalue weighted by atomic mass is 19.1. The Labute approximate surface area is 107 Å². The number of carboxylic acids is 1. The Morgan fingerprint density at radius 2 is 1.79 bits per heavy atom. The number of nitrogens with one attached hydrogen (secondary N) is 1. The fourth-order valence-corrected chi connectivity index (χ4v) is 1.56. The zero-order valence-corrected chi connectivity index (χ0v) is 9.65. The molecule has 0 fully saturated rings. The number of carbonyl (C=O) groups is 1. The second-order valence-electron chi connectivity index (χ2n) is 3.86. The van der Waals surface area contributed by atoms with Crippen LogP contribution in [-0.2, 0) is 0 Å². The van der Waals surface area contributed by atoms with Gasteiger partial charge in [0.2, 0.25) is 0 Å². The van der Waals surface area contributed by atoms with E-state index < -0.39 is 17.6 Å². The Bertz CT molecular complexity index is 627. The van der Waals surface area contributed by atoms with Crippen molar-refractivity contribution < 1.29 is 18.7 Å². The van der Waals surface area contributed by atoms with Crippen LogP contribution >= 0.6 is 0 Å². The van der Waals surface area contributed by atoms with E-state index in [0.717, 1.165) is 12.1 Å². The molecule has 0 saturated carbocycles. The van der Waals surface area contributed by atoms with Crippen molar-refractivity contribution in [2.45, 2.75) is 0 Å². The standard InChI is InChI=1S/C13H10F2N2O2/c14-7-1-3-8(4-2-7)17-12-5-9(13(18)19)11(16)6-10(12)15/h1-6,17H,16H2,(H,18,19). The van der Waals surface area contributed by atoms with Gasteiger partial charge in [0.25, 0.3) is 0 Å². The number of carboxylic acid groups (broad SMARTS) is 1. The Kier molecular flexibility index (Phi) is 3.33. The smallest absolute Gasteiger partial charge is 0.337 e. The monoisotopic (exact) mass is 264 g/mol. The van der Waals surface area contributed by atoms with Gasteiger partial charge in [-0.1, -0.05) is 0 Å². The van der Waals surface area contributed by atoms with Gasteiger partial charge in [-0.25, -0.2) is 13.6 Å². The third-order valence-corrected chi connectivity index (χ3v) is 2.49. The largest absolute Gasteiger partial charge is 0.478 e. The molecule has 0 bridgehead atoms. The van der Waals surface area contributed by atoms with Crippen LogP contribution in [0.25, 0.3) is 0 Å². The summed E-state index contributed by atoms with van der Waals surface area (Å²) in [5.74, 6) is -2.36. The van der Waals surface area contributed by atoms with E-state index in [9.17, 15) is 13.6 Å². The molecule has 0 heterocycles. The molecule has 98 valence electrons. The zero-order valence-electron chi connectivity index (χ0n) is 9.65. The number of nitrogen functional groups attached to an aromatic ring is 1. The summed E-state index contributed by atoms with van der Waals surface area (Å²) in [5.41, 5.74) is 5.43. The molecule has 2 aromatic carbocycles. The van der Waals surface area contributed by atoms with E-state index >= 15 is 0 Å². The number of hydrogen-bond acceptors (Lipinski definition) is 3. The maximum atomic E-state index is 13.6. The van der Waals surface area contributed by atoms with E-state index in [2.05, 4.69) is 5.32 Å². The molecule has 0 aromatic heterocycles. The number of halogens is 2. The van der Waals surface area contributed by atoms with Crippen molar-refractivity contribution in [1.82, 2.24) is 0 Å². The van der Waals surface area contributed by atoms with Crippen LogP contribution in [0.4, 0.5) is 25.8 Å². The first kappa shape index (κ1) is 12.8. The molecule has 0 atom stereocenters. The van der Waals surface area contributed by atoms with E-state index in [1.165, 1.54) is 24.3 Å². The van der Waals surface area contributed by atoms with Gasteiger partial charge in [-0.3, -0.25) is 0 Å². The maximum Gasteiger partial charge on any atom is 0.337 e. The van der Waals surface area contributed by atoms with Crippen LogP contribution in [-0.4, -0.2) is 11.1 Å². The fourth-order valence-electron chi connectivity index (χ4n) is 1.56. The average molecular weight is 264 g/mol. The van der Waals surface area contributed by atoms with Crippen LogP contribution in [0.3, 0.4) is 0 Å². The van der Waals surface area contributed by atoms with E-state index in [4.69, 9.17) is 10.8 Å². The molecule has 4 N–H and O–H groups in total. The Hall–Kier alpha value is -2.63. The van der Waals surface area contributed by atoms with Crippen LogP contribution in [0.5, 0.6) is 0 Å². The second-order valence-corrected chi connectivity index (χ2v) is 3.86. The van der Waals surface area contributed by atoms with Crippen LogP contribution < -0.4 is 11.1 Å². The summed E-state index contributed by atoms with van der Waals surface area (Å²) in [5, 5.41) is 11.6. The summed E-state index contributed by atoms with van der Waals surface area (Å²) in [7, 11) is 0. The molecular formula is C13H10F2N2O2. The molecule has 6 heteroatoms. The summed E-state index contributed by atoms with van der Waals surface area (Å²) in [6.45, 7) is 0. The van der Waals surface area contributed by atoms with Crippen molar-refractivity contribution >= 4 is 23.0 Å². The molecule has 0 aliphatic carbocycles. The molecule has 2 rings (SSSR count). The number of rotatable bonds is 3. The summed E-state index contributed by atoms with van der Waals surface area (Å²) in [6, 6.07) is 7.24. The average Bonchev–Trinajstić information content (AvgIpc) is 2.34. The van der Waals surface area contributed by atoms with Gasteiger partial charge >= 0.3 is 5.97 Å². The molecule has 0 aliphatic rings. The Morgan fingerprint density at radius 1 is 1.16 bits per heavy atom. The lowest BCUT2D eigenvalue weighted by molar-refractivity contribution is 0.0698. The number of aromatic carboxylic acids is 1. The Balaban J connectivity index is 2.37. The predicted octanol–water partition coefficient (Wildman–Crippen LogP) is 2.99. The van der Waals surface area contributed by atoms with E-state index in [1.54, 1.807) is 0 Å². The Morgan fingerprint density at radius 3 is 2.37 bits per heavy atom. The third-order valence-electron chi connectivity index (χ3n) is 2.49. The highest BCUT2D eigenvalue weighted by molar-refractivity contribution is 5.95. The summed E-state index contributed by atoms with van der Waals surface area (Å²) in [4.78, 5) is 10.9. The minimum absolute atomic E-state index is 0.0433. The topological polar surface area (TPSA) is 75.3 Å². The summed E-state index contributed by atoms with van der Waals surface area (Å²) >= 11 is 0. The highest BCUT2D eigenvalue weighted by Crippen LogP contribution is 2.25. The highest BCUT2D eigenvalue weighted by Gasteiger charge is 2.13. The first-order valence-electron chi connectivity index (χ1n) is 5.32. The zero-order chi connectivity index (χ0) is 14.0. The van der Waals surface area contributed by atoms with Gasteiger partial charge < -0.3 is 16.2 Å². The van der Waals surface area contributed by atoms with Crippen LogP contribution in [0.1, 0.15) is 10.4 Å². The molecule has 2 aromatic rings. The van der Waals surface area contributed by atoms with Gasteiger partial charge in [-0.2, -0.15) is 0 Å². The van der Waals surface area contributed by atoms with Gasteiger partial charge in [0, 0.05) is 11.4 Å². The van der Waals surface area contributed by atoms with Gasteiger partial charge in [0.15, 0.2) is 0 Å². The molecule has 0 saturated heterocycles. The molecule has 0 radical (unpaired) electrons. The van der Waals surface area contributed by atoms with Crippen molar-refractivity contribution in [2.75, 3.05) is 11.1 Å². The number of hydrogen-bond donors (Lipinski definition) is 3. The van der Waals surface area contributed by atoms with E-state index in [0.29, 0.717) is 5.69 Å². The second kappa shape index (κ2) is 4.93. The lowest BCUT2D eigenvalue weighted by Crippen LogP contribution is -2.05. The molecule has 0 unspecified atom stereocenters. The minimum atomic E-state index is -1.25.